The van der Waals surface area contributed by atoms with Gasteiger partial charge in [-0.15, -0.1) is 0 Å². The number of benzene rings is 2. The van der Waals surface area contributed by atoms with Gasteiger partial charge >= 0.3 is 135 Å². The van der Waals surface area contributed by atoms with Gasteiger partial charge in [0.15, 0.2) is 0 Å². The molecule has 0 unspecified atom stereocenters. The van der Waals surface area contributed by atoms with Crippen LogP contribution in [0.4, 0.5) is 0 Å². The third-order valence-corrected chi connectivity index (χ3v) is 10.9. The summed E-state index contributed by atoms with van der Waals surface area (Å²) in [5, 5.41) is 9.81. The molecule has 0 aliphatic heterocycles. The van der Waals surface area contributed by atoms with E-state index in [0.29, 0.717) is 20.1 Å². The fraction of sp³-hybridized carbons (Fsp3) is 0.133. The fourth-order valence-electron chi connectivity index (χ4n) is 1.63. The molecule has 22 heavy (non-hydrogen) atoms. The van der Waals surface area contributed by atoms with Crippen LogP contribution < -0.4 is 7.16 Å². The maximum atomic E-state index is 9.00. The zero-order chi connectivity index (χ0) is 16.9. The number of carboxylic acids is 1. The van der Waals surface area contributed by atoms with E-state index in [2.05, 4.69) is 4.94 Å². The van der Waals surface area contributed by atoms with E-state index in [1.807, 2.05) is 36.4 Å². The van der Waals surface area contributed by atoms with Crippen LogP contribution in [-0.2, 0) is 4.79 Å². The zero-order valence-electron chi connectivity index (χ0n) is 11.8. The molecule has 0 saturated heterocycles. The Balaban J connectivity index is 0.000000541. The van der Waals surface area contributed by atoms with Crippen LogP contribution >= 0.6 is 46.4 Å². The summed E-state index contributed by atoms with van der Waals surface area (Å²) in [7, 11) is 0. The van der Waals surface area contributed by atoms with Crippen LogP contribution in [0.15, 0.2) is 36.4 Å². The molecule has 0 amide bonds. The van der Waals surface area contributed by atoms with Crippen LogP contribution in [0, 0.1) is 0 Å². The summed E-state index contributed by atoms with van der Waals surface area (Å²) in [6.07, 6.45) is 0. The molecular weight excluding hydrogens is 473 g/mol. The van der Waals surface area contributed by atoms with Crippen LogP contribution in [0.1, 0.15) is 6.92 Å². The summed E-state index contributed by atoms with van der Waals surface area (Å²) in [5.41, 5.74) is 0. The number of hydrogen-bond donors (Lipinski definition) is 1. The topological polar surface area (TPSA) is 37.3 Å². The average Bonchev–Trinajstić information content (AvgIpc) is 2.43. The molecule has 0 spiro atoms. The van der Waals surface area contributed by atoms with Gasteiger partial charge in [-0.25, -0.2) is 0 Å². The van der Waals surface area contributed by atoms with Gasteiger partial charge in [0, 0.05) is 6.92 Å². The first kappa shape index (κ1) is 19.9. The third-order valence-electron chi connectivity index (χ3n) is 2.71. The Morgan fingerprint density at radius 1 is 0.864 bits per heavy atom. The van der Waals surface area contributed by atoms with Gasteiger partial charge in [-0.05, 0) is 0 Å². The van der Waals surface area contributed by atoms with Crippen molar-refractivity contribution in [1.82, 2.24) is 0 Å². The van der Waals surface area contributed by atoms with Crippen molar-refractivity contribution in [1.29, 1.82) is 0 Å². The predicted octanol–water partition coefficient (Wildman–Crippen LogP) is 4.63. The fourth-order valence-corrected chi connectivity index (χ4v) is 7.66. The van der Waals surface area contributed by atoms with E-state index in [1.165, 1.54) is 7.16 Å². The van der Waals surface area contributed by atoms with Gasteiger partial charge in [0.05, 0.1) is 0 Å². The molecule has 0 aliphatic carbocycles. The molecule has 1 radical (unpaired) electrons. The average molecular weight is 486 g/mol. The van der Waals surface area contributed by atoms with Crippen LogP contribution in [0.5, 0.6) is 0 Å². The summed E-state index contributed by atoms with van der Waals surface area (Å²) in [6, 6.07) is 11.7. The van der Waals surface area contributed by atoms with Crippen molar-refractivity contribution >= 4 is 79.3 Å². The van der Waals surface area contributed by atoms with Crippen LogP contribution in [0.25, 0.3) is 0 Å². The van der Waals surface area contributed by atoms with Crippen LogP contribution in [0.2, 0.25) is 25.0 Å². The summed E-state index contributed by atoms with van der Waals surface area (Å²) >= 11 is 22.0. The first-order valence-corrected chi connectivity index (χ1v) is 13.4. The van der Waals surface area contributed by atoms with Gasteiger partial charge in [0.2, 0.25) is 0 Å². The Hall–Kier alpha value is -0.131. The molecule has 0 bridgehead atoms. The first-order valence-electron chi connectivity index (χ1n) is 6.16. The Morgan fingerprint density at radius 3 is 1.45 bits per heavy atom. The van der Waals surface area contributed by atoms with Crippen molar-refractivity contribution < 1.29 is 9.90 Å². The molecule has 0 heterocycles. The summed E-state index contributed by atoms with van der Waals surface area (Å²) in [4.78, 5) is 11.3. The second kappa shape index (κ2) is 9.23. The number of rotatable bonds is 2. The molecule has 0 atom stereocenters. The molecule has 2 rings (SSSR count). The van der Waals surface area contributed by atoms with Crippen molar-refractivity contribution in [3.8, 4) is 0 Å². The summed E-state index contributed by atoms with van der Waals surface area (Å²) in [5.74, 6) is -0.833. The van der Waals surface area contributed by atoms with E-state index in [9.17, 15) is 0 Å². The van der Waals surface area contributed by atoms with Crippen LogP contribution in [-0.4, -0.2) is 30.8 Å². The number of hydrogen-bond acceptors (Lipinski definition) is 1. The molecular formula is C15H13Cl4O2Sn. The van der Waals surface area contributed by atoms with Gasteiger partial charge in [0.1, 0.15) is 0 Å². The number of halogens is 4. The van der Waals surface area contributed by atoms with E-state index in [1.54, 1.807) is 0 Å². The normalized spacial score (nSPS) is 10.1. The number of carboxylic acid groups (broad SMARTS) is 1. The Bertz CT molecular complexity index is 621. The van der Waals surface area contributed by atoms with E-state index in [0.717, 1.165) is 6.92 Å². The van der Waals surface area contributed by atoms with E-state index >= 15 is 0 Å². The maximum absolute atomic E-state index is 9.00. The quantitative estimate of drug-likeness (QED) is 0.630. The first-order chi connectivity index (χ1) is 10.2. The molecule has 1 N–H and O–H groups in total. The molecule has 2 aromatic rings. The second-order valence-electron chi connectivity index (χ2n) is 4.40. The second-order valence-corrected chi connectivity index (χ2v) is 12.9. The standard InChI is InChI=1S/2C6H3Cl2.C2H4O2.CH3.Sn/c2*7-5-3-1-2-4-6(5)8;1-2(3)4;;/h2*1,3-4H;1H3,(H,3,4);1H3;. The van der Waals surface area contributed by atoms with Crippen molar-refractivity contribution in [2.45, 2.75) is 11.9 Å². The Kier molecular flexibility index (Phi) is 8.36. The van der Waals surface area contributed by atoms with E-state index in [-0.39, 0.29) is 0 Å². The van der Waals surface area contributed by atoms with Crippen molar-refractivity contribution in [3.63, 3.8) is 0 Å². The monoisotopic (exact) mass is 485 g/mol. The van der Waals surface area contributed by atoms with Crippen LogP contribution in [0.3, 0.4) is 0 Å². The zero-order valence-corrected chi connectivity index (χ0v) is 17.7. The van der Waals surface area contributed by atoms with Crippen molar-refractivity contribution in [3.05, 3.63) is 56.5 Å². The Morgan fingerprint density at radius 2 is 1.18 bits per heavy atom. The van der Waals surface area contributed by atoms with Crippen molar-refractivity contribution in [2.75, 3.05) is 0 Å². The molecule has 0 aliphatic rings. The van der Waals surface area contributed by atoms with Gasteiger partial charge in [-0.2, -0.15) is 0 Å². The minimum atomic E-state index is -1.92. The summed E-state index contributed by atoms with van der Waals surface area (Å²) in [6.45, 7) is 1.08. The predicted molar refractivity (Wildman–Crippen MR) is 97.1 cm³/mol. The molecule has 117 valence electrons. The minimum absolute atomic E-state index is 0.589. The number of aliphatic carboxylic acids is 1. The number of carbonyl (C=O) groups is 1. The van der Waals surface area contributed by atoms with Gasteiger partial charge < -0.3 is 5.11 Å². The van der Waals surface area contributed by atoms with Crippen molar-refractivity contribution in [2.24, 2.45) is 0 Å². The SMILES string of the molecule is CC(=O)O.[CH3][Sn]([c]1ccc(Cl)c(Cl)c1)[c]1ccc(Cl)c(Cl)c1. The molecule has 2 nitrogen and oxygen atoms in total. The molecule has 2 aromatic carbocycles. The van der Waals surface area contributed by atoms with E-state index < -0.39 is 25.7 Å². The van der Waals surface area contributed by atoms with Gasteiger partial charge in [-0.3, -0.25) is 4.79 Å². The molecule has 0 fully saturated rings. The molecule has 0 saturated carbocycles. The van der Waals surface area contributed by atoms with E-state index in [4.69, 9.17) is 56.3 Å². The summed E-state index contributed by atoms with van der Waals surface area (Å²) < 4.78 is 2.57. The Labute approximate surface area is 156 Å². The molecule has 7 heteroatoms. The van der Waals surface area contributed by atoms with Gasteiger partial charge in [-0.1, -0.05) is 0 Å². The molecule has 0 aromatic heterocycles. The van der Waals surface area contributed by atoms with Gasteiger partial charge in [0.25, 0.3) is 5.97 Å². The third kappa shape index (κ3) is 6.17.